The lowest BCUT2D eigenvalue weighted by molar-refractivity contribution is -0.146. The second-order valence-electron chi connectivity index (χ2n) is 7.42. The van der Waals surface area contributed by atoms with Crippen molar-refractivity contribution in [3.8, 4) is 0 Å². The monoisotopic (exact) mass is 430 g/mol. The van der Waals surface area contributed by atoms with Crippen molar-refractivity contribution in [2.45, 2.75) is 25.4 Å². The number of carbonyl (C=O) groups excluding carboxylic acids is 3. The van der Waals surface area contributed by atoms with Gasteiger partial charge in [-0.25, -0.2) is 4.79 Å². The summed E-state index contributed by atoms with van der Waals surface area (Å²) in [4.78, 5) is 37.4. The standard InChI is InChI=1S/C26H26N2O4/c1-19(27-24(29)21-13-7-3-8-14-21)26(31)32-18-23(17-20-11-5-2-6-12-20)28-25(30)22-15-9-4-10-16-22/h2-16,19,23H,17-18H2,1H3,(H,27,29)(H,28,30)/t19-,23-/m1/s1. The van der Waals surface area contributed by atoms with Gasteiger partial charge in [-0.3, -0.25) is 9.59 Å². The van der Waals surface area contributed by atoms with Gasteiger partial charge in [0, 0.05) is 11.1 Å². The highest BCUT2D eigenvalue weighted by atomic mass is 16.5. The molecule has 0 unspecified atom stereocenters. The number of ether oxygens (including phenoxy) is 1. The van der Waals surface area contributed by atoms with Gasteiger partial charge in [-0.05, 0) is 43.2 Å². The van der Waals surface area contributed by atoms with Gasteiger partial charge in [-0.2, -0.15) is 0 Å². The van der Waals surface area contributed by atoms with Crippen LogP contribution in [0.1, 0.15) is 33.2 Å². The first kappa shape index (κ1) is 22.7. The third-order valence-corrected chi connectivity index (χ3v) is 4.86. The first-order valence-corrected chi connectivity index (χ1v) is 10.5. The Hall–Kier alpha value is -3.93. The van der Waals surface area contributed by atoms with Crippen LogP contribution in [0.5, 0.6) is 0 Å². The molecule has 3 aromatic rings. The van der Waals surface area contributed by atoms with Crippen LogP contribution in [0.2, 0.25) is 0 Å². The van der Waals surface area contributed by atoms with E-state index in [9.17, 15) is 14.4 Å². The van der Waals surface area contributed by atoms with Gasteiger partial charge in [0.15, 0.2) is 0 Å². The fourth-order valence-corrected chi connectivity index (χ4v) is 3.14. The second-order valence-corrected chi connectivity index (χ2v) is 7.42. The Kier molecular flexibility index (Phi) is 8.15. The summed E-state index contributed by atoms with van der Waals surface area (Å²) in [6.07, 6.45) is 0.497. The molecular weight excluding hydrogens is 404 g/mol. The van der Waals surface area contributed by atoms with Gasteiger partial charge in [0.1, 0.15) is 12.6 Å². The lowest BCUT2D eigenvalue weighted by Crippen LogP contribution is -2.44. The number of hydrogen-bond acceptors (Lipinski definition) is 4. The summed E-state index contributed by atoms with van der Waals surface area (Å²) in [5, 5.41) is 5.57. The Balaban J connectivity index is 1.60. The van der Waals surface area contributed by atoms with Crippen molar-refractivity contribution in [3.63, 3.8) is 0 Å². The minimum absolute atomic E-state index is 0.0160. The Morgan fingerprint density at radius 1 is 0.719 bits per heavy atom. The van der Waals surface area contributed by atoms with Gasteiger partial charge in [0.05, 0.1) is 6.04 Å². The van der Waals surface area contributed by atoms with Crippen LogP contribution in [-0.2, 0) is 16.0 Å². The van der Waals surface area contributed by atoms with E-state index in [2.05, 4.69) is 10.6 Å². The smallest absolute Gasteiger partial charge is 0.328 e. The van der Waals surface area contributed by atoms with Gasteiger partial charge < -0.3 is 15.4 Å². The molecule has 2 amide bonds. The molecule has 3 aromatic carbocycles. The van der Waals surface area contributed by atoms with Crippen LogP contribution in [0.4, 0.5) is 0 Å². The van der Waals surface area contributed by atoms with Crippen LogP contribution < -0.4 is 10.6 Å². The van der Waals surface area contributed by atoms with E-state index in [4.69, 9.17) is 4.74 Å². The number of amides is 2. The molecule has 6 nitrogen and oxygen atoms in total. The second kappa shape index (κ2) is 11.5. The van der Waals surface area contributed by atoms with Crippen LogP contribution in [-0.4, -0.2) is 36.5 Å². The molecule has 0 radical (unpaired) electrons. The van der Waals surface area contributed by atoms with E-state index in [1.165, 1.54) is 0 Å². The molecule has 0 saturated carbocycles. The Morgan fingerprint density at radius 2 is 1.19 bits per heavy atom. The van der Waals surface area contributed by atoms with Crippen LogP contribution >= 0.6 is 0 Å². The molecule has 32 heavy (non-hydrogen) atoms. The van der Waals surface area contributed by atoms with E-state index >= 15 is 0 Å². The summed E-state index contributed by atoms with van der Waals surface area (Å²) >= 11 is 0. The Morgan fingerprint density at radius 3 is 1.72 bits per heavy atom. The minimum Gasteiger partial charge on any atom is -0.462 e. The zero-order chi connectivity index (χ0) is 22.8. The van der Waals surface area contributed by atoms with Crippen molar-refractivity contribution in [2.75, 3.05) is 6.61 Å². The van der Waals surface area contributed by atoms with Crippen molar-refractivity contribution in [3.05, 3.63) is 108 Å². The summed E-state index contributed by atoms with van der Waals surface area (Å²) in [6, 6.07) is 25.9. The van der Waals surface area contributed by atoms with E-state index < -0.39 is 18.1 Å². The average Bonchev–Trinajstić information content (AvgIpc) is 2.84. The summed E-state index contributed by atoms with van der Waals surface area (Å²) < 4.78 is 5.44. The van der Waals surface area contributed by atoms with Crippen LogP contribution in [0.3, 0.4) is 0 Å². The van der Waals surface area contributed by atoms with Crippen molar-refractivity contribution in [1.82, 2.24) is 10.6 Å². The first-order valence-electron chi connectivity index (χ1n) is 10.5. The number of carbonyl (C=O) groups is 3. The number of hydrogen-bond donors (Lipinski definition) is 2. The third-order valence-electron chi connectivity index (χ3n) is 4.86. The predicted octanol–water partition coefficient (Wildman–Crippen LogP) is 3.39. The number of esters is 1. The SMILES string of the molecule is C[C@@H](NC(=O)c1ccccc1)C(=O)OC[C@@H](Cc1ccccc1)NC(=O)c1ccccc1. The maximum absolute atomic E-state index is 12.6. The van der Waals surface area contributed by atoms with E-state index in [1.807, 2.05) is 42.5 Å². The molecule has 0 saturated heterocycles. The van der Waals surface area contributed by atoms with Gasteiger partial charge in [0.2, 0.25) is 0 Å². The summed E-state index contributed by atoms with van der Waals surface area (Å²) in [5.41, 5.74) is 2.00. The summed E-state index contributed by atoms with van der Waals surface area (Å²) in [5.74, 6) is -1.16. The van der Waals surface area contributed by atoms with E-state index in [1.54, 1.807) is 55.5 Å². The molecule has 0 aliphatic rings. The van der Waals surface area contributed by atoms with Gasteiger partial charge >= 0.3 is 5.97 Å². The molecule has 3 rings (SSSR count). The van der Waals surface area contributed by atoms with Gasteiger partial charge in [0.25, 0.3) is 11.8 Å². The lowest BCUT2D eigenvalue weighted by atomic mass is 10.1. The van der Waals surface area contributed by atoms with Crippen LogP contribution in [0.15, 0.2) is 91.0 Å². The van der Waals surface area contributed by atoms with Crippen molar-refractivity contribution >= 4 is 17.8 Å². The van der Waals surface area contributed by atoms with Crippen molar-refractivity contribution in [2.24, 2.45) is 0 Å². The third kappa shape index (κ3) is 6.80. The lowest BCUT2D eigenvalue weighted by Gasteiger charge is -2.21. The predicted molar refractivity (Wildman–Crippen MR) is 122 cm³/mol. The number of benzene rings is 3. The highest BCUT2D eigenvalue weighted by Gasteiger charge is 2.21. The summed E-state index contributed by atoms with van der Waals surface area (Å²) in [6.45, 7) is 1.55. The fourth-order valence-electron chi connectivity index (χ4n) is 3.14. The normalized spacial score (nSPS) is 12.3. The quantitative estimate of drug-likeness (QED) is 0.510. The molecule has 0 aliphatic carbocycles. The maximum Gasteiger partial charge on any atom is 0.328 e. The topological polar surface area (TPSA) is 84.5 Å². The fraction of sp³-hybridized carbons (Fsp3) is 0.192. The Bertz CT molecular complexity index is 1020. The molecule has 0 spiro atoms. The van der Waals surface area contributed by atoms with Crippen molar-refractivity contribution < 1.29 is 19.1 Å². The molecule has 0 heterocycles. The molecule has 2 atom stereocenters. The highest BCUT2D eigenvalue weighted by Crippen LogP contribution is 2.07. The van der Waals surface area contributed by atoms with Gasteiger partial charge in [-0.1, -0.05) is 66.7 Å². The zero-order valence-electron chi connectivity index (χ0n) is 17.9. The molecule has 164 valence electrons. The van der Waals surface area contributed by atoms with Gasteiger partial charge in [-0.15, -0.1) is 0 Å². The largest absolute Gasteiger partial charge is 0.462 e. The van der Waals surface area contributed by atoms with E-state index in [0.29, 0.717) is 17.5 Å². The molecule has 0 aliphatic heterocycles. The van der Waals surface area contributed by atoms with E-state index in [-0.39, 0.29) is 18.4 Å². The maximum atomic E-state index is 12.6. The molecular formula is C26H26N2O4. The van der Waals surface area contributed by atoms with Crippen LogP contribution in [0, 0.1) is 0 Å². The Labute approximate surface area is 187 Å². The molecule has 0 aromatic heterocycles. The summed E-state index contributed by atoms with van der Waals surface area (Å²) in [7, 11) is 0. The zero-order valence-corrected chi connectivity index (χ0v) is 17.9. The molecule has 6 heteroatoms. The average molecular weight is 431 g/mol. The molecule has 2 N–H and O–H groups in total. The number of rotatable bonds is 9. The molecule has 0 bridgehead atoms. The van der Waals surface area contributed by atoms with Crippen molar-refractivity contribution in [1.29, 1.82) is 0 Å². The van der Waals surface area contributed by atoms with Crippen LogP contribution in [0.25, 0.3) is 0 Å². The molecule has 0 fully saturated rings. The number of nitrogens with one attached hydrogen (secondary N) is 2. The van der Waals surface area contributed by atoms with E-state index in [0.717, 1.165) is 5.56 Å². The minimum atomic E-state index is -0.829. The highest BCUT2D eigenvalue weighted by molar-refractivity contribution is 5.96. The first-order chi connectivity index (χ1) is 15.5.